The first-order valence-corrected chi connectivity index (χ1v) is 6.04. The second-order valence-electron chi connectivity index (χ2n) is 4.35. The summed E-state index contributed by atoms with van der Waals surface area (Å²) in [6.45, 7) is 4.91. The minimum Gasteiger partial charge on any atom is -0.439 e. The fourth-order valence-corrected chi connectivity index (χ4v) is 1.73. The number of nitrogens with one attached hydrogen (secondary N) is 1. The molecule has 94 valence electrons. The summed E-state index contributed by atoms with van der Waals surface area (Å²) < 4.78 is 5.85. The molecule has 0 aliphatic carbocycles. The standard InChI is InChI=1S/C15H18N2O/c1-11-6-7-14(9-12(11)2)18-15-13(10-16-3)5-4-8-17-15/h4-9,16H,10H2,1-3H3. The second kappa shape index (κ2) is 5.65. The van der Waals surface area contributed by atoms with E-state index in [1.165, 1.54) is 11.1 Å². The molecule has 0 saturated heterocycles. The lowest BCUT2D eigenvalue weighted by atomic mass is 10.1. The van der Waals surface area contributed by atoms with Crippen LogP contribution in [0.15, 0.2) is 36.5 Å². The minimum atomic E-state index is 0.662. The van der Waals surface area contributed by atoms with Gasteiger partial charge in [0, 0.05) is 18.3 Å². The molecule has 1 N–H and O–H groups in total. The van der Waals surface area contributed by atoms with Gasteiger partial charge in [-0.05, 0) is 50.2 Å². The molecule has 3 nitrogen and oxygen atoms in total. The van der Waals surface area contributed by atoms with Crippen molar-refractivity contribution in [3.63, 3.8) is 0 Å². The van der Waals surface area contributed by atoms with Crippen LogP contribution in [-0.2, 0) is 6.54 Å². The molecule has 0 saturated carbocycles. The Bertz CT molecular complexity index is 538. The SMILES string of the molecule is CNCc1cccnc1Oc1ccc(C)c(C)c1. The Hall–Kier alpha value is -1.87. The number of aryl methyl sites for hydroxylation is 2. The van der Waals surface area contributed by atoms with Gasteiger partial charge in [-0.2, -0.15) is 0 Å². The first-order chi connectivity index (χ1) is 8.70. The van der Waals surface area contributed by atoms with Crippen LogP contribution in [0.25, 0.3) is 0 Å². The maximum Gasteiger partial charge on any atom is 0.223 e. The summed E-state index contributed by atoms with van der Waals surface area (Å²) in [4.78, 5) is 4.28. The van der Waals surface area contributed by atoms with E-state index in [4.69, 9.17) is 4.74 Å². The van der Waals surface area contributed by atoms with Crippen molar-refractivity contribution >= 4 is 0 Å². The summed E-state index contributed by atoms with van der Waals surface area (Å²) in [6, 6.07) is 10.00. The zero-order chi connectivity index (χ0) is 13.0. The lowest BCUT2D eigenvalue weighted by molar-refractivity contribution is 0.454. The van der Waals surface area contributed by atoms with Crippen molar-refractivity contribution < 1.29 is 4.74 Å². The number of hydrogen-bond donors (Lipinski definition) is 1. The van der Waals surface area contributed by atoms with Crippen molar-refractivity contribution in [3.8, 4) is 11.6 Å². The smallest absolute Gasteiger partial charge is 0.223 e. The molecule has 0 radical (unpaired) electrons. The van der Waals surface area contributed by atoms with E-state index >= 15 is 0 Å². The molecule has 0 unspecified atom stereocenters. The van der Waals surface area contributed by atoms with Gasteiger partial charge in [0.15, 0.2) is 0 Å². The first kappa shape index (κ1) is 12.6. The Labute approximate surface area is 108 Å². The zero-order valence-corrected chi connectivity index (χ0v) is 11.0. The number of rotatable bonds is 4. The molecule has 0 spiro atoms. The van der Waals surface area contributed by atoms with Gasteiger partial charge in [-0.3, -0.25) is 0 Å². The van der Waals surface area contributed by atoms with Gasteiger partial charge in [0.2, 0.25) is 5.88 Å². The van der Waals surface area contributed by atoms with Gasteiger partial charge < -0.3 is 10.1 Å². The molecule has 3 heteroatoms. The van der Waals surface area contributed by atoms with Gasteiger partial charge in [-0.15, -0.1) is 0 Å². The number of pyridine rings is 1. The fraction of sp³-hybridized carbons (Fsp3) is 0.267. The average molecular weight is 242 g/mol. The van der Waals surface area contributed by atoms with E-state index in [1.54, 1.807) is 6.20 Å². The van der Waals surface area contributed by atoms with Crippen LogP contribution in [-0.4, -0.2) is 12.0 Å². The lowest BCUT2D eigenvalue weighted by Gasteiger charge is -2.10. The zero-order valence-electron chi connectivity index (χ0n) is 11.0. The van der Waals surface area contributed by atoms with Crippen molar-refractivity contribution in [1.29, 1.82) is 0 Å². The Morgan fingerprint density at radius 1 is 1.17 bits per heavy atom. The maximum atomic E-state index is 5.85. The Balaban J connectivity index is 2.25. The highest BCUT2D eigenvalue weighted by Crippen LogP contribution is 2.24. The van der Waals surface area contributed by atoms with Crippen LogP contribution in [0, 0.1) is 13.8 Å². The molecule has 0 bridgehead atoms. The number of hydrogen-bond acceptors (Lipinski definition) is 3. The fourth-order valence-electron chi connectivity index (χ4n) is 1.73. The number of aromatic nitrogens is 1. The van der Waals surface area contributed by atoms with E-state index in [0.717, 1.165) is 17.9 Å². The lowest BCUT2D eigenvalue weighted by Crippen LogP contribution is -2.07. The summed E-state index contributed by atoms with van der Waals surface area (Å²) in [6.07, 6.45) is 1.75. The average Bonchev–Trinajstić information content (AvgIpc) is 2.37. The van der Waals surface area contributed by atoms with Crippen molar-refractivity contribution in [2.24, 2.45) is 0 Å². The third-order valence-corrected chi connectivity index (χ3v) is 2.91. The highest BCUT2D eigenvalue weighted by Gasteiger charge is 2.05. The summed E-state index contributed by atoms with van der Waals surface area (Å²) in [5.74, 6) is 1.49. The molecule has 1 aromatic heterocycles. The Morgan fingerprint density at radius 2 is 2.00 bits per heavy atom. The molecule has 2 rings (SSSR count). The summed E-state index contributed by atoms with van der Waals surface area (Å²) in [5.41, 5.74) is 3.54. The van der Waals surface area contributed by atoms with Crippen LogP contribution in [0.4, 0.5) is 0 Å². The molecular weight excluding hydrogens is 224 g/mol. The van der Waals surface area contributed by atoms with Crippen molar-refractivity contribution in [1.82, 2.24) is 10.3 Å². The summed E-state index contributed by atoms with van der Waals surface area (Å²) in [7, 11) is 1.91. The molecule has 1 aromatic carbocycles. The molecule has 2 aromatic rings. The minimum absolute atomic E-state index is 0.662. The molecule has 0 aliphatic heterocycles. The van der Waals surface area contributed by atoms with E-state index in [0.29, 0.717) is 5.88 Å². The third kappa shape index (κ3) is 2.87. The molecule has 0 amide bonds. The van der Waals surface area contributed by atoms with Gasteiger partial charge in [-0.1, -0.05) is 12.1 Å². The van der Waals surface area contributed by atoms with Crippen LogP contribution in [0.2, 0.25) is 0 Å². The van der Waals surface area contributed by atoms with Crippen molar-refractivity contribution in [3.05, 3.63) is 53.2 Å². The number of nitrogens with zero attached hydrogens (tertiary/aromatic N) is 1. The maximum absolute atomic E-state index is 5.85. The number of ether oxygens (including phenoxy) is 1. The highest BCUT2D eigenvalue weighted by atomic mass is 16.5. The molecule has 18 heavy (non-hydrogen) atoms. The van der Waals surface area contributed by atoms with Gasteiger partial charge in [-0.25, -0.2) is 4.98 Å². The molecule has 1 heterocycles. The van der Waals surface area contributed by atoms with Crippen molar-refractivity contribution in [2.75, 3.05) is 7.05 Å². The van der Waals surface area contributed by atoms with E-state index in [2.05, 4.69) is 30.2 Å². The Kier molecular flexibility index (Phi) is 3.95. The molecule has 0 atom stereocenters. The second-order valence-corrected chi connectivity index (χ2v) is 4.35. The van der Waals surface area contributed by atoms with E-state index < -0.39 is 0 Å². The van der Waals surface area contributed by atoms with Crippen LogP contribution < -0.4 is 10.1 Å². The summed E-state index contributed by atoms with van der Waals surface area (Å²) in [5, 5.41) is 3.11. The van der Waals surface area contributed by atoms with Crippen LogP contribution in [0.3, 0.4) is 0 Å². The van der Waals surface area contributed by atoms with Crippen molar-refractivity contribution in [2.45, 2.75) is 20.4 Å². The first-order valence-electron chi connectivity index (χ1n) is 6.04. The monoisotopic (exact) mass is 242 g/mol. The summed E-state index contributed by atoms with van der Waals surface area (Å²) >= 11 is 0. The van der Waals surface area contributed by atoms with E-state index in [1.807, 2.05) is 31.3 Å². The predicted octanol–water partition coefficient (Wildman–Crippen LogP) is 3.21. The quantitative estimate of drug-likeness (QED) is 0.894. The third-order valence-electron chi connectivity index (χ3n) is 2.91. The topological polar surface area (TPSA) is 34.2 Å². The molecular formula is C15H18N2O. The van der Waals surface area contributed by atoms with Gasteiger partial charge in [0.1, 0.15) is 5.75 Å². The molecule has 0 fully saturated rings. The van der Waals surface area contributed by atoms with Crippen LogP contribution in [0.5, 0.6) is 11.6 Å². The predicted molar refractivity (Wildman–Crippen MR) is 73.0 cm³/mol. The normalized spacial score (nSPS) is 10.4. The van der Waals surface area contributed by atoms with Crippen LogP contribution in [0.1, 0.15) is 16.7 Å². The Morgan fingerprint density at radius 3 is 2.72 bits per heavy atom. The van der Waals surface area contributed by atoms with Gasteiger partial charge in [0.25, 0.3) is 0 Å². The van der Waals surface area contributed by atoms with Gasteiger partial charge in [0.05, 0.1) is 0 Å². The largest absolute Gasteiger partial charge is 0.439 e. The van der Waals surface area contributed by atoms with Gasteiger partial charge >= 0.3 is 0 Å². The highest BCUT2D eigenvalue weighted by molar-refractivity contribution is 5.37. The van der Waals surface area contributed by atoms with E-state index in [-0.39, 0.29) is 0 Å². The number of benzene rings is 1. The van der Waals surface area contributed by atoms with Crippen LogP contribution >= 0.6 is 0 Å². The molecule has 0 aliphatic rings. The van der Waals surface area contributed by atoms with E-state index in [9.17, 15) is 0 Å².